The van der Waals surface area contributed by atoms with Crippen LogP contribution in [0, 0.1) is 0 Å². The number of hydrazone groups is 1. The maximum absolute atomic E-state index is 12.1. The van der Waals surface area contributed by atoms with Gasteiger partial charge in [0.1, 0.15) is 5.92 Å². The molecular weight excluding hydrogens is 374 g/mol. The van der Waals surface area contributed by atoms with E-state index in [1.807, 2.05) is 0 Å². The van der Waals surface area contributed by atoms with Crippen LogP contribution in [-0.2, 0) is 4.79 Å². The number of methoxy groups -OCH3 is 3. The Morgan fingerprint density at radius 2 is 1.81 bits per heavy atom. The van der Waals surface area contributed by atoms with Gasteiger partial charge in [0.2, 0.25) is 5.75 Å². The third-order valence-corrected chi connectivity index (χ3v) is 3.98. The van der Waals surface area contributed by atoms with E-state index < -0.39 is 5.92 Å². The molecule has 3 rings (SSSR count). The van der Waals surface area contributed by atoms with Gasteiger partial charge in [0.15, 0.2) is 22.5 Å². The summed E-state index contributed by atoms with van der Waals surface area (Å²) in [6.07, 6.45) is 1.54. The van der Waals surface area contributed by atoms with E-state index in [0.29, 0.717) is 28.5 Å². The van der Waals surface area contributed by atoms with Crippen LogP contribution in [0.4, 0.5) is 0 Å². The first-order valence-electron chi connectivity index (χ1n) is 7.78. The molecule has 1 aromatic heterocycles. The number of carbonyl (C=O) groups excluding carboxylic acids is 1. The Morgan fingerprint density at radius 1 is 1.11 bits per heavy atom. The highest BCUT2D eigenvalue weighted by atomic mass is 35.5. The van der Waals surface area contributed by atoms with Crippen LogP contribution in [0.1, 0.15) is 17.2 Å². The molecule has 0 saturated carbocycles. The van der Waals surface area contributed by atoms with Gasteiger partial charge in [0.25, 0.3) is 5.91 Å². The van der Waals surface area contributed by atoms with Crippen LogP contribution in [0.3, 0.4) is 0 Å². The van der Waals surface area contributed by atoms with Crippen LogP contribution < -0.4 is 19.6 Å². The predicted octanol–water partition coefficient (Wildman–Crippen LogP) is 1.80. The molecule has 1 aromatic carbocycles. The summed E-state index contributed by atoms with van der Waals surface area (Å²) in [6.45, 7) is 0. The second kappa shape index (κ2) is 8.00. The molecule has 1 aliphatic rings. The van der Waals surface area contributed by atoms with Crippen LogP contribution in [0.25, 0.3) is 0 Å². The van der Waals surface area contributed by atoms with E-state index in [1.165, 1.54) is 21.3 Å². The molecule has 0 radical (unpaired) electrons. The molecule has 1 amide bonds. The fraction of sp³-hybridized carbons (Fsp3) is 0.235. The maximum Gasteiger partial charge on any atom is 0.257 e. The Kier molecular flexibility index (Phi) is 5.51. The average Bonchev–Trinajstić information content (AvgIpc) is 3.06. The lowest BCUT2D eigenvalue weighted by Gasteiger charge is -2.12. The fourth-order valence-corrected chi connectivity index (χ4v) is 2.63. The van der Waals surface area contributed by atoms with Gasteiger partial charge in [0, 0.05) is 11.8 Å². The zero-order chi connectivity index (χ0) is 19.4. The number of nitrogens with zero attached hydrogens (tertiary/aromatic N) is 4. The minimum Gasteiger partial charge on any atom is -0.493 e. The smallest absolute Gasteiger partial charge is 0.257 e. The molecule has 2 aromatic rings. The number of aromatic nitrogens is 2. The minimum atomic E-state index is -0.770. The Morgan fingerprint density at radius 3 is 2.37 bits per heavy atom. The number of hydrogen-bond acceptors (Lipinski definition) is 8. The van der Waals surface area contributed by atoms with E-state index in [1.54, 1.807) is 30.5 Å². The highest BCUT2D eigenvalue weighted by Crippen LogP contribution is 2.37. The van der Waals surface area contributed by atoms with E-state index in [2.05, 4.69) is 25.7 Å². The van der Waals surface area contributed by atoms with E-state index in [0.717, 1.165) is 0 Å². The summed E-state index contributed by atoms with van der Waals surface area (Å²) in [5, 5.41) is 11.9. The van der Waals surface area contributed by atoms with Crippen LogP contribution in [0.5, 0.6) is 17.2 Å². The molecule has 10 heteroatoms. The number of carbonyl (C=O) groups is 1. The van der Waals surface area contributed by atoms with Crippen molar-refractivity contribution < 1.29 is 19.0 Å². The quantitative estimate of drug-likeness (QED) is 0.781. The molecular formula is C17H16ClN5O4. The molecule has 0 bridgehead atoms. The Hall–Kier alpha value is -3.20. The monoisotopic (exact) mass is 389 g/mol. The summed E-state index contributed by atoms with van der Waals surface area (Å²) < 4.78 is 15.9. The van der Waals surface area contributed by atoms with Crippen LogP contribution in [0.2, 0.25) is 5.15 Å². The van der Waals surface area contributed by atoms with E-state index in [9.17, 15) is 4.79 Å². The average molecular weight is 390 g/mol. The normalized spacial score (nSPS) is 16.2. The molecule has 2 heterocycles. The van der Waals surface area contributed by atoms with Gasteiger partial charge < -0.3 is 14.2 Å². The zero-order valence-corrected chi connectivity index (χ0v) is 15.5. The van der Waals surface area contributed by atoms with Gasteiger partial charge in [-0.2, -0.15) is 10.2 Å². The van der Waals surface area contributed by atoms with Gasteiger partial charge in [0.05, 0.1) is 27.0 Å². The molecule has 0 fully saturated rings. The van der Waals surface area contributed by atoms with Crippen molar-refractivity contribution in [3.8, 4) is 17.2 Å². The summed E-state index contributed by atoms with van der Waals surface area (Å²) in [4.78, 5) is 16.4. The van der Waals surface area contributed by atoms with E-state index in [4.69, 9.17) is 25.8 Å². The lowest BCUT2D eigenvalue weighted by Crippen LogP contribution is -2.22. The summed E-state index contributed by atoms with van der Waals surface area (Å²) in [7, 11) is 4.57. The fourth-order valence-electron chi connectivity index (χ4n) is 2.53. The Balaban J connectivity index is 1.90. The van der Waals surface area contributed by atoms with Gasteiger partial charge in [-0.05, 0) is 24.3 Å². The molecule has 27 heavy (non-hydrogen) atoms. The van der Waals surface area contributed by atoms with Crippen molar-refractivity contribution in [1.82, 2.24) is 15.6 Å². The maximum atomic E-state index is 12.1. The molecule has 1 N–H and O–H groups in total. The largest absolute Gasteiger partial charge is 0.493 e. The summed E-state index contributed by atoms with van der Waals surface area (Å²) in [5.74, 6) is 0.588. The number of aliphatic imine (C=N–C) groups is 1. The molecule has 0 saturated heterocycles. The second-order valence-electron chi connectivity index (χ2n) is 5.38. The molecule has 0 aliphatic carbocycles. The summed E-state index contributed by atoms with van der Waals surface area (Å²) >= 11 is 5.75. The number of rotatable bonds is 5. The number of hydrogen-bond donors (Lipinski definition) is 1. The molecule has 9 nitrogen and oxygen atoms in total. The van der Waals surface area contributed by atoms with Crippen LogP contribution >= 0.6 is 11.6 Å². The number of nitrogens with one attached hydrogen (secondary N) is 1. The van der Waals surface area contributed by atoms with Crippen molar-refractivity contribution in [2.24, 2.45) is 10.1 Å². The van der Waals surface area contributed by atoms with Crippen molar-refractivity contribution in [2.45, 2.75) is 5.92 Å². The third kappa shape index (κ3) is 3.82. The highest BCUT2D eigenvalue weighted by Gasteiger charge is 2.33. The molecule has 1 atom stereocenters. The topological polar surface area (TPSA) is 107 Å². The number of halogens is 1. The van der Waals surface area contributed by atoms with Gasteiger partial charge in [-0.25, -0.2) is 10.4 Å². The van der Waals surface area contributed by atoms with Gasteiger partial charge >= 0.3 is 0 Å². The van der Waals surface area contributed by atoms with Gasteiger partial charge in [-0.1, -0.05) is 11.6 Å². The first kappa shape index (κ1) is 18.6. The Bertz CT molecular complexity index is 889. The number of amidine groups is 1. The second-order valence-corrected chi connectivity index (χ2v) is 5.76. The predicted molar refractivity (Wildman–Crippen MR) is 99.1 cm³/mol. The number of benzene rings is 1. The van der Waals surface area contributed by atoms with E-state index in [-0.39, 0.29) is 16.9 Å². The van der Waals surface area contributed by atoms with Crippen molar-refractivity contribution in [3.05, 3.63) is 40.7 Å². The van der Waals surface area contributed by atoms with Crippen molar-refractivity contribution in [3.63, 3.8) is 0 Å². The summed E-state index contributed by atoms with van der Waals surface area (Å²) in [6, 6.07) is 6.62. The highest BCUT2D eigenvalue weighted by molar-refractivity contribution is 6.29. The number of ether oxygens (including phenoxy) is 3. The van der Waals surface area contributed by atoms with Crippen LogP contribution in [0.15, 0.2) is 34.4 Å². The third-order valence-electron chi connectivity index (χ3n) is 3.78. The van der Waals surface area contributed by atoms with Crippen molar-refractivity contribution in [2.75, 3.05) is 21.3 Å². The lowest BCUT2D eigenvalue weighted by molar-refractivity contribution is -0.120. The Labute approximate surface area is 160 Å². The summed E-state index contributed by atoms with van der Waals surface area (Å²) in [5.41, 5.74) is 3.47. The van der Waals surface area contributed by atoms with Crippen LogP contribution in [-0.4, -0.2) is 49.5 Å². The first-order valence-corrected chi connectivity index (χ1v) is 8.15. The van der Waals surface area contributed by atoms with Gasteiger partial charge in [-0.3, -0.25) is 4.79 Å². The zero-order valence-electron chi connectivity index (χ0n) is 14.8. The lowest BCUT2D eigenvalue weighted by atomic mass is 10.0. The number of amides is 1. The SMILES string of the molecule is COc1cc(C=NC2=NNC(=O)C2c2ccc(Cl)nn2)cc(OC)c1OC. The van der Waals surface area contributed by atoms with Crippen molar-refractivity contribution in [1.29, 1.82) is 0 Å². The van der Waals surface area contributed by atoms with E-state index >= 15 is 0 Å². The van der Waals surface area contributed by atoms with Gasteiger partial charge in [-0.15, -0.1) is 5.10 Å². The molecule has 1 unspecified atom stereocenters. The molecule has 140 valence electrons. The first-order chi connectivity index (χ1) is 13.1. The minimum absolute atomic E-state index is 0.233. The molecule has 1 aliphatic heterocycles. The molecule has 0 spiro atoms. The van der Waals surface area contributed by atoms with Crippen molar-refractivity contribution >= 4 is 29.6 Å². The standard InChI is InChI=1S/C17H16ClN5O4/c1-25-11-6-9(7-12(26-2)15(11)27-3)8-19-16-14(17(24)23-22-16)10-4-5-13(18)21-20-10/h4-8,14H,1-3H3,(H,23,24).